The Hall–Kier alpha value is -3.06. The fourth-order valence-corrected chi connectivity index (χ4v) is 2.69. The van der Waals surface area contributed by atoms with Crippen molar-refractivity contribution in [3.8, 4) is 11.8 Å². The molecular weight excluding hydrogens is 364 g/mol. The molecule has 0 aliphatic rings. The van der Waals surface area contributed by atoms with Gasteiger partial charge in [0.15, 0.2) is 10.7 Å². The van der Waals surface area contributed by atoms with Crippen LogP contribution in [0.2, 0.25) is 0 Å². The summed E-state index contributed by atoms with van der Waals surface area (Å²) in [5, 5.41) is 10.0. The van der Waals surface area contributed by atoms with Gasteiger partial charge in [-0.2, -0.15) is 9.97 Å². The summed E-state index contributed by atoms with van der Waals surface area (Å²) in [5.74, 6) is -1.21. The molecule has 0 amide bonds. The number of rotatable bonds is 8. The highest BCUT2D eigenvalue weighted by molar-refractivity contribution is 7.98. The van der Waals surface area contributed by atoms with Gasteiger partial charge in [-0.25, -0.2) is 4.79 Å². The topological polar surface area (TPSA) is 81.5 Å². The molecule has 7 heteroatoms. The summed E-state index contributed by atoms with van der Waals surface area (Å²) >= 11 is 1.29. The van der Waals surface area contributed by atoms with E-state index in [9.17, 15) is 9.90 Å². The van der Waals surface area contributed by atoms with E-state index in [1.165, 1.54) is 11.8 Å². The molecule has 0 radical (unpaired) electrons. The van der Waals surface area contributed by atoms with Gasteiger partial charge in [0, 0.05) is 0 Å². The lowest BCUT2D eigenvalue weighted by Gasteiger charge is -2.13. The lowest BCUT2D eigenvalue weighted by Crippen LogP contribution is -2.11. The van der Waals surface area contributed by atoms with E-state index >= 15 is 0 Å². The number of hydrogen-bond donors (Lipinski definition) is 1. The average molecular weight is 382 g/mol. The SMILES string of the molecule is CSc1nc(OCc2ccccc2)c(C(=O)O)c(OCc2ccccc2)n1. The van der Waals surface area contributed by atoms with Crippen molar-refractivity contribution in [1.82, 2.24) is 9.97 Å². The first kappa shape index (κ1) is 18.7. The molecule has 27 heavy (non-hydrogen) atoms. The molecule has 1 aromatic heterocycles. The standard InChI is InChI=1S/C20H18N2O4S/c1-27-20-21-17(25-12-14-8-4-2-5-9-14)16(19(23)24)18(22-20)26-13-15-10-6-3-7-11-15/h2-11H,12-13H2,1H3,(H,23,24). The summed E-state index contributed by atoms with van der Waals surface area (Å²) in [4.78, 5) is 20.2. The van der Waals surface area contributed by atoms with E-state index in [1.54, 1.807) is 6.26 Å². The number of carbonyl (C=O) groups is 1. The minimum atomic E-state index is -1.20. The van der Waals surface area contributed by atoms with Gasteiger partial charge in [0.1, 0.15) is 13.2 Å². The number of thioether (sulfide) groups is 1. The molecule has 0 aliphatic carbocycles. The van der Waals surface area contributed by atoms with Gasteiger partial charge < -0.3 is 14.6 Å². The predicted octanol–water partition coefficient (Wildman–Crippen LogP) is 4.05. The van der Waals surface area contributed by atoms with Gasteiger partial charge in [0.05, 0.1) is 0 Å². The third-order valence-electron chi connectivity index (χ3n) is 3.66. The second kappa shape index (κ2) is 9.05. The van der Waals surface area contributed by atoms with Crippen LogP contribution in [0, 0.1) is 0 Å². The summed E-state index contributed by atoms with van der Waals surface area (Å²) in [7, 11) is 0. The zero-order valence-corrected chi connectivity index (χ0v) is 15.5. The molecule has 2 aromatic carbocycles. The summed E-state index contributed by atoms with van der Waals surface area (Å²) in [6.45, 7) is 0.397. The fraction of sp³-hybridized carbons (Fsp3) is 0.150. The van der Waals surface area contributed by atoms with E-state index in [4.69, 9.17) is 9.47 Å². The molecule has 1 heterocycles. The number of aromatic nitrogens is 2. The van der Waals surface area contributed by atoms with Crippen molar-refractivity contribution in [3.05, 3.63) is 77.4 Å². The summed E-state index contributed by atoms with van der Waals surface area (Å²) in [6.07, 6.45) is 1.80. The molecule has 0 bridgehead atoms. The molecule has 0 saturated heterocycles. The second-order valence-electron chi connectivity index (χ2n) is 5.55. The summed E-state index contributed by atoms with van der Waals surface area (Å²) in [5.41, 5.74) is 1.63. The molecule has 0 atom stereocenters. The van der Waals surface area contributed by atoms with Gasteiger partial charge in [0.2, 0.25) is 11.8 Å². The maximum absolute atomic E-state index is 11.8. The second-order valence-corrected chi connectivity index (χ2v) is 6.32. The molecule has 0 saturated carbocycles. The van der Waals surface area contributed by atoms with E-state index in [0.29, 0.717) is 5.16 Å². The Morgan fingerprint density at radius 1 is 0.889 bits per heavy atom. The van der Waals surface area contributed by atoms with Crippen LogP contribution in [-0.2, 0) is 13.2 Å². The first-order chi connectivity index (χ1) is 13.2. The average Bonchev–Trinajstić information content (AvgIpc) is 2.71. The zero-order valence-electron chi connectivity index (χ0n) is 14.7. The van der Waals surface area contributed by atoms with Crippen molar-refractivity contribution in [3.63, 3.8) is 0 Å². The Labute approximate surface area is 161 Å². The monoisotopic (exact) mass is 382 g/mol. The molecule has 3 aromatic rings. The molecule has 6 nitrogen and oxygen atoms in total. The van der Waals surface area contributed by atoms with Crippen LogP contribution in [0.15, 0.2) is 65.8 Å². The van der Waals surface area contributed by atoms with Crippen molar-refractivity contribution in [2.24, 2.45) is 0 Å². The van der Waals surface area contributed by atoms with Crippen molar-refractivity contribution in [2.75, 3.05) is 6.26 Å². The number of aromatic carboxylic acids is 1. The lowest BCUT2D eigenvalue weighted by molar-refractivity contribution is 0.0682. The summed E-state index contributed by atoms with van der Waals surface area (Å²) < 4.78 is 11.4. The number of carboxylic acid groups (broad SMARTS) is 1. The van der Waals surface area contributed by atoms with Crippen LogP contribution in [0.4, 0.5) is 0 Å². The number of carboxylic acids is 1. The van der Waals surface area contributed by atoms with Crippen LogP contribution in [0.3, 0.4) is 0 Å². The van der Waals surface area contributed by atoms with Gasteiger partial charge in [0.25, 0.3) is 0 Å². The number of benzene rings is 2. The van der Waals surface area contributed by atoms with Crippen LogP contribution in [-0.4, -0.2) is 27.3 Å². The summed E-state index contributed by atoms with van der Waals surface area (Å²) in [6, 6.07) is 18.9. The Bertz CT molecular complexity index is 840. The highest BCUT2D eigenvalue weighted by Gasteiger charge is 2.23. The van der Waals surface area contributed by atoms with Crippen molar-refractivity contribution in [1.29, 1.82) is 0 Å². The highest BCUT2D eigenvalue weighted by atomic mass is 32.2. The highest BCUT2D eigenvalue weighted by Crippen LogP contribution is 2.29. The Morgan fingerprint density at radius 3 is 1.70 bits per heavy atom. The first-order valence-corrected chi connectivity index (χ1v) is 9.42. The number of hydrogen-bond acceptors (Lipinski definition) is 6. The van der Waals surface area contributed by atoms with E-state index in [2.05, 4.69) is 9.97 Å². The Morgan fingerprint density at radius 2 is 1.33 bits per heavy atom. The quantitative estimate of drug-likeness (QED) is 0.465. The van der Waals surface area contributed by atoms with E-state index < -0.39 is 5.97 Å². The largest absolute Gasteiger partial charge is 0.477 e. The molecule has 1 N–H and O–H groups in total. The van der Waals surface area contributed by atoms with Crippen molar-refractivity contribution >= 4 is 17.7 Å². The van der Waals surface area contributed by atoms with Gasteiger partial charge in [-0.1, -0.05) is 72.4 Å². The molecule has 138 valence electrons. The van der Waals surface area contributed by atoms with E-state index in [1.807, 2.05) is 60.7 Å². The van der Waals surface area contributed by atoms with Gasteiger partial charge in [-0.3, -0.25) is 0 Å². The molecule has 0 spiro atoms. The van der Waals surface area contributed by atoms with E-state index in [-0.39, 0.29) is 30.5 Å². The third kappa shape index (κ3) is 4.98. The smallest absolute Gasteiger partial charge is 0.346 e. The maximum atomic E-state index is 11.8. The normalized spacial score (nSPS) is 10.4. The van der Waals surface area contributed by atoms with Crippen LogP contribution >= 0.6 is 11.8 Å². The first-order valence-electron chi connectivity index (χ1n) is 8.20. The minimum Gasteiger partial charge on any atom is -0.477 e. The predicted molar refractivity (Wildman–Crippen MR) is 102 cm³/mol. The van der Waals surface area contributed by atoms with Crippen molar-refractivity contribution in [2.45, 2.75) is 18.4 Å². The lowest BCUT2D eigenvalue weighted by atomic mass is 10.2. The Balaban J connectivity index is 1.88. The molecule has 0 fully saturated rings. The fourth-order valence-electron chi connectivity index (χ4n) is 2.34. The maximum Gasteiger partial charge on any atom is 0.346 e. The van der Waals surface area contributed by atoms with Crippen LogP contribution in [0.25, 0.3) is 0 Å². The van der Waals surface area contributed by atoms with Gasteiger partial charge >= 0.3 is 5.97 Å². The molecule has 0 unspecified atom stereocenters. The molecule has 0 aliphatic heterocycles. The Kier molecular flexibility index (Phi) is 6.27. The minimum absolute atomic E-state index is 0.00577. The number of nitrogens with zero attached hydrogens (tertiary/aromatic N) is 2. The third-order valence-corrected chi connectivity index (χ3v) is 4.20. The number of ether oxygens (including phenoxy) is 2. The zero-order chi connectivity index (χ0) is 19.1. The van der Waals surface area contributed by atoms with Crippen LogP contribution in [0.1, 0.15) is 21.5 Å². The molecule has 3 rings (SSSR count). The van der Waals surface area contributed by atoms with Gasteiger partial charge in [-0.05, 0) is 17.4 Å². The van der Waals surface area contributed by atoms with Crippen LogP contribution in [0.5, 0.6) is 11.8 Å². The molecular formula is C20H18N2O4S. The van der Waals surface area contributed by atoms with E-state index in [0.717, 1.165) is 11.1 Å². The van der Waals surface area contributed by atoms with Crippen molar-refractivity contribution < 1.29 is 19.4 Å². The van der Waals surface area contributed by atoms with Crippen LogP contribution < -0.4 is 9.47 Å². The van der Waals surface area contributed by atoms with Gasteiger partial charge in [-0.15, -0.1) is 0 Å².